The molecule has 17 heavy (non-hydrogen) atoms. The van der Waals surface area contributed by atoms with E-state index in [1.54, 1.807) is 0 Å². The van der Waals surface area contributed by atoms with Crippen LogP contribution in [0.4, 0.5) is 0 Å². The van der Waals surface area contributed by atoms with Crippen LogP contribution in [0, 0.1) is 5.92 Å². The Morgan fingerprint density at radius 1 is 1.35 bits per heavy atom. The highest BCUT2D eigenvalue weighted by Gasteiger charge is 2.23. The maximum absolute atomic E-state index is 6.32. The van der Waals surface area contributed by atoms with E-state index in [1.165, 1.54) is 36.2 Å². The van der Waals surface area contributed by atoms with Crippen molar-refractivity contribution in [2.24, 2.45) is 5.92 Å². The van der Waals surface area contributed by atoms with Crippen LogP contribution >= 0.6 is 11.6 Å². The third-order valence-electron chi connectivity index (χ3n) is 3.90. The van der Waals surface area contributed by atoms with Gasteiger partial charge in [0.2, 0.25) is 0 Å². The summed E-state index contributed by atoms with van der Waals surface area (Å²) >= 11 is 6.32. The lowest BCUT2D eigenvalue weighted by atomic mass is 9.85. The Bertz CT molecular complexity index is 378. The largest absolute Gasteiger partial charge is 0.269 e. The van der Waals surface area contributed by atoms with Crippen LogP contribution in [0.3, 0.4) is 0 Å². The second kappa shape index (κ2) is 5.43. The molecule has 1 aliphatic carbocycles. The summed E-state index contributed by atoms with van der Waals surface area (Å²) in [5.74, 6) is 0.850. The summed E-state index contributed by atoms with van der Waals surface area (Å²) in [6.45, 7) is 7.53. The van der Waals surface area contributed by atoms with Crippen molar-refractivity contribution in [2.75, 3.05) is 0 Å². The van der Waals surface area contributed by atoms with Gasteiger partial charge in [-0.3, -0.25) is 4.68 Å². The van der Waals surface area contributed by atoms with Gasteiger partial charge in [0, 0.05) is 17.8 Å². The van der Waals surface area contributed by atoms with Crippen molar-refractivity contribution < 1.29 is 0 Å². The number of aromatic nitrogens is 2. The fourth-order valence-corrected chi connectivity index (χ4v) is 2.98. The molecule has 0 aliphatic heterocycles. The summed E-state index contributed by atoms with van der Waals surface area (Å²) < 4.78 is 2.23. The van der Waals surface area contributed by atoms with Crippen molar-refractivity contribution in [2.45, 2.75) is 64.8 Å². The molecule has 3 heteroatoms. The molecule has 0 bridgehead atoms. The molecule has 0 spiro atoms. The Morgan fingerprint density at radius 3 is 2.47 bits per heavy atom. The van der Waals surface area contributed by atoms with Crippen LogP contribution in [0.25, 0.3) is 0 Å². The van der Waals surface area contributed by atoms with E-state index < -0.39 is 0 Å². The molecule has 0 amide bonds. The van der Waals surface area contributed by atoms with Crippen molar-refractivity contribution >= 4 is 11.6 Å². The zero-order valence-corrected chi connectivity index (χ0v) is 11.9. The Balaban J connectivity index is 2.29. The summed E-state index contributed by atoms with van der Waals surface area (Å²) in [6.07, 6.45) is 6.16. The molecule has 1 unspecified atom stereocenters. The molecule has 0 saturated heterocycles. The number of nitrogens with zero attached hydrogens (tertiary/aromatic N) is 2. The van der Waals surface area contributed by atoms with E-state index in [9.17, 15) is 0 Å². The van der Waals surface area contributed by atoms with Gasteiger partial charge in [-0.15, -0.1) is 11.6 Å². The van der Waals surface area contributed by atoms with Crippen LogP contribution in [0.2, 0.25) is 0 Å². The van der Waals surface area contributed by atoms with E-state index in [0.717, 1.165) is 25.3 Å². The SMILES string of the molecule is CCc1nn(CC2CCC2)c(CC)c1C(C)Cl. The maximum Gasteiger partial charge on any atom is 0.0671 e. The molecule has 96 valence electrons. The van der Waals surface area contributed by atoms with Crippen LogP contribution in [0.5, 0.6) is 0 Å². The predicted octanol–water partition coefficient (Wildman–Crippen LogP) is 4.11. The molecule has 1 atom stereocenters. The highest BCUT2D eigenvalue weighted by Crippen LogP contribution is 2.32. The van der Waals surface area contributed by atoms with Gasteiger partial charge in [-0.1, -0.05) is 20.3 Å². The molecule has 2 nitrogen and oxygen atoms in total. The molecule has 1 heterocycles. The molecular formula is C14H23ClN2. The van der Waals surface area contributed by atoms with Gasteiger partial charge >= 0.3 is 0 Å². The smallest absolute Gasteiger partial charge is 0.0671 e. The van der Waals surface area contributed by atoms with Gasteiger partial charge in [-0.05, 0) is 38.5 Å². The molecule has 0 aromatic carbocycles. The minimum Gasteiger partial charge on any atom is -0.269 e. The van der Waals surface area contributed by atoms with Crippen molar-refractivity contribution in [3.8, 4) is 0 Å². The van der Waals surface area contributed by atoms with Gasteiger partial charge in [0.25, 0.3) is 0 Å². The van der Waals surface area contributed by atoms with Crippen LogP contribution in [0.1, 0.15) is 62.4 Å². The predicted molar refractivity (Wildman–Crippen MR) is 72.6 cm³/mol. The van der Waals surface area contributed by atoms with Gasteiger partial charge in [0.05, 0.1) is 11.1 Å². The molecule has 1 aromatic heterocycles. The first-order valence-corrected chi connectivity index (χ1v) is 7.33. The zero-order valence-electron chi connectivity index (χ0n) is 11.2. The minimum absolute atomic E-state index is 0.0787. The lowest BCUT2D eigenvalue weighted by Gasteiger charge is -2.26. The summed E-state index contributed by atoms with van der Waals surface area (Å²) in [7, 11) is 0. The number of hydrogen-bond donors (Lipinski definition) is 0. The first-order valence-electron chi connectivity index (χ1n) is 6.89. The van der Waals surface area contributed by atoms with Crippen LogP contribution in [0.15, 0.2) is 0 Å². The lowest BCUT2D eigenvalue weighted by Crippen LogP contribution is -2.20. The van der Waals surface area contributed by atoms with E-state index in [2.05, 4.69) is 25.5 Å². The Kier molecular flexibility index (Phi) is 4.13. The minimum atomic E-state index is 0.0787. The first-order chi connectivity index (χ1) is 8.17. The van der Waals surface area contributed by atoms with E-state index in [4.69, 9.17) is 16.7 Å². The van der Waals surface area contributed by atoms with E-state index in [1.807, 2.05) is 0 Å². The summed E-state index contributed by atoms with van der Waals surface area (Å²) in [6, 6.07) is 0. The average molecular weight is 255 g/mol. The van der Waals surface area contributed by atoms with Gasteiger partial charge in [0.1, 0.15) is 0 Å². The molecule has 1 fully saturated rings. The number of aryl methyl sites for hydroxylation is 1. The normalized spacial score (nSPS) is 18.1. The van der Waals surface area contributed by atoms with E-state index >= 15 is 0 Å². The van der Waals surface area contributed by atoms with Crippen molar-refractivity contribution in [1.29, 1.82) is 0 Å². The van der Waals surface area contributed by atoms with E-state index in [0.29, 0.717) is 0 Å². The van der Waals surface area contributed by atoms with Crippen LogP contribution < -0.4 is 0 Å². The highest BCUT2D eigenvalue weighted by atomic mass is 35.5. The molecule has 0 radical (unpaired) electrons. The van der Waals surface area contributed by atoms with Crippen LogP contribution in [-0.2, 0) is 19.4 Å². The van der Waals surface area contributed by atoms with Crippen molar-refractivity contribution in [3.63, 3.8) is 0 Å². The van der Waals surface area contributed by atoms with Crippen molar-refractivity contribution in [1.82, 2.24) is 9.78 Å². The lowest BCUT2D eigenvalue weighted by molar-refractivity contribution is 0.263. The van der Waals surface area contributed by atoms with Gasteiger partial charge in [-0.2, -0.15) is 5.10 Å². The number of halogens is 1. The molecule has 2 rings (SSSR count). The van der Waals surface area contributed by atoms with Crippen molar-refractivity contribution in [3.05, 3.63) is 17.0 Å². The third-order valence-corrected chi connectivity index (χ3v) is 4.12. The van der Waals surface area contributed by atoms with Gasteiger partial charge in [-0.25, -0.2) is 0 Å². The molecule has 0 N–H and O–H groups in total. The maximum atomic E-state index is 6.32. The summed E-state index contributed by atoms with van der Waals surface area (Å²) in [4.78, 5) is 0. The topological polar surface area (TPSA) is 17.8 Å². The monoisotopic (exact) mass is 254 g/mol. The third kappa shape index (κ3) is 2.52. The molecule has 1 aliphatic rings. The number of rotatable bonds is 5. The number of hydrogen-bond acceptors (Lipinski definition) is 1. The quantitative estimate of drug-likeness (QED) is 0.723. The van der Waals surface area contributed by atoms with Gasteiger partial charge in [0.15, 0.2) is 0 Å². The van der Waals surface area contributed by atoms with Crippen LogP contribution in [-0.4, -0.2) is 9.78 Å². The first kappa shape index (κ1) is 12.9. The fourth-order valence-electron chi connectivity index (χ4n) is 2.73. The second-order valence-corrected chi connectivity index (χ2v) is 5.76. The summed E-state index contributed by atoms with van der Waals surface area (Å²) in [5, 5.41) is 4.85. The molecule has 1 aromatic rings. The molecular weight excluding hydrogens is 232 g/mol. The zero-order chi connectivity index (χ0) is 12.4. The average Bonchev–Trinajstić information content (AvgIpc) is 2.61. The Hall–Kier alpha value is -0.500. The second-order valence-electron chi connectivity index (χ2n) is 5.11. The Morgan fingerprint density at radius 2 is 2.06 bits per heavy atom. The van der Waals surface area contributed by atoms with Gasteiger partial charge < -0.3 is 0 Å². The number of alkyl halides is 1. The fraction of sp³-hybridized carbons (Fsp3) is 0.786. The Labute approximate surface area is 109 Å². The molecule has 1 saturated carbocycles. The highest BCUT2D eigenvalue weighted by molar-refractivity contribution is 6.20. The van der Waals surface area contributed by atoms with E-state index in [-0.39, 0.29) is 5.38 Å². The summed E-state index contributed by atoms with van der Waals surface area (Å²) in [5.41, 5.74) is 3.84. The standard InChI is InChI=1S/C14H23ClN2/c1-4-12-14(10(3)15)13(5-2)17(16-12)9-11-7-6-8-11/h10-11H,4-9H2,1-3H3.